The summed E-state index contributed by atoms with van der Waals surface area (Å²) >= 11 is 0. The number of ether oxygens (including phenoxy) is 2. The Balaban J connectivity index is 2.39. The maximum atomic E-state index is 12.5. The first kappa shape index (κ1) is 27.3. The molecule has 0 saturated heterocycles. The zero-order valence-electron chi connectivity index (χ0n) is 20.0. The summed E-state index contributed by atoms with van der Waals surface area (Å²) in [5.41, 5.74) is 0.273. The fourth-order valence-electron chi connectivity index (χ4n) is 2.76. The highest BCUT2D eigenvalue weighted by atomic mass is 16.6. The van der Waals surface area contributed by atoms with Crippen LogP contribution >= 0.6 is 0 Å². The summed E-state index contributed by atoms with van der Waals surface area (Å²) in [5, 5.41) is 8.24. The second-order valence-electron chi connectivity index (χ2n) is 9.16. The van der Waals surface area contributed by atoms with E-state index in [1.165, 1.54) is 0 Å². The zero-order chi connectivity index (χ0) is 24.0. The largest absolute Gasteiger partial charge is 0.445 e. The maximum absolute atomic E-state index is 12.5. The standard InChI is InChI=1S/C24H39N3O5/c1-18(2)14-16-25-21(28)20(27-23(30)32-24(3,4)5)13-9-10-15-26-22(29)31-17-19-11-7-6-8-12-19/h6-8,11-12,18,20H,9-10,13-17H2,1-5H3,(H,25,28)(H,26,29)(H,27,30). The van der Waals surface area contributed by atoms with Crippen molar-refractivity contribution in [3.63, 3.8) is 0 Å². The summed E-state index contributed by atoms with van der Waals surface area (Å²) in [4.78, 5) is 36.5. The Morgan fingerprint density at radius 2 is 1.59 bits per heavy atom. The first-order valence-electron chi connectivity index (χ1n) is 11.3. The lowest BCUT2D eigenvalue weighted by Crippen LogP contribution is -2.48. The molecule has 1 aromatic carbocycles. The van der Waals surface area contributed by atoms with E-state index in [1.807, 2.05) is 30.3 Å². The van der Waals surface area contributed by atoms with E-state index in [0.717, 1.165) is 12.0 Å². The molecule has 0 bridgehead atoms. The number of alkyl carbamates (subject to hydrolysis) is 2. The summed E-state index contributed by atoms with van der Waals surface area (Å²) in [6.45, 7) is 10.7. The van der Waals surface area contributed by atoms with Gasteiger partial charge in [0.2, 0.25) is 5.91 Å². The van der Waals surface area contributed by atoms with E-state index in [9.17, 15) is 14.4 Å². The lowest BCUT2D eigenvalue weighted by molar-refractivity contribution is -0.123. The molecule has 8 nitrogen and oxygen atoms in total. The predicted octanol–water partition coefficient (Wildman–Crippen LogP) is 4.14. The van der Waals surface area contributed by atoms with Crippen molar-refractivity contribution in [1.29, 1.82) is 0 Å². The summed E-state index contributed by atoms with van der Waals surface area (Å²) in [5.74, 6) is 0.243. The van der Waals surface area contributed by atoms with E-state index in [4.69, 9.17) is 9.47 Å². The molecule has 0 fully saturated rings. The fourth-order valence-corrected chi connectivity index (χ4v) is 2.76. The summed E-state index contributed by atoms with van der Waals surface area (Å²) in [6, 6.07) is 8.75. The minimum absolute atomic E-state index is 0.213. The molecule has 0 aliphatic carbocycles. The highest BCUT2D eigenvalue weighted by Gasteiger charge is 2.24. The molecule has 1 rings (SSSR count). The summed E-state index contributed by atoms with van der Waals surface area (Å²) in [6.07, 6.45) is 1.48. The van der Waals surface area contributed by atoms with E-state index < -0.39 is 23.8 Å². The molecule has 0 heterocycles. The van der Waals surface area contributed by atoms with Crippen LogP contribution in [0, 0.1) is 5.92 Å². The number of carbonyl (C=O) groups is 3. The minimum atomic E-state index is -0.693. The average molecular weight is 450 g/mol. The molecule has 1 unspecified atom stereocenters. The molecule has 0 aliphatic heterocycles. The smallest absolute Gasteiger partial charge is 0.408 e. The second-order valence-corrected chi connectivity index (χ2v) is 9.16. The summed E-state index contributed by atoms with van der Waals surface area (Å²) < 4.78 is 10.4. The van der Waals surface area contributed by atoms with Crippen LogP contribution in [-0.4, -0.2) is 42.8 Å². The quantitative estimate of drug-likeness (QED) is 0.416. The van der Waals surface area contributed by atoms with Crippen LogP contribution in [0.5, 0.6) is 0 Å². The van der Waals surface area contributed by atoms with Crippen LogP contribution in [0.15, 0.2) is 30.3 Å². The maximum Gasteiger partial charge on any atom is 0.408 e. The molecule has 0 aromatic heterocycles. The van der Waals surface area contributed by atoms with Crippen LogP contribution in [0.4, 0.5) is 9.59 Å². The van der Waals surface area contributed by atoms with Gasteiger partial charge >= 0.3 is 12.2 Å². The van der Waals surface area contributed by atoms with Gasteiger partial charge in [-0.3, -0.25) is 4.79 Å². The number of amides is 3. The van der Waals surface area contributed by atoms with Crippen molar-refractivity contribution in [3.05, 3.63) is 35.9 Å². The van der Waals surface area contributed by atoms with Crippen molar-refractivity contribution in [1.82, 2.24) is 16.0 Å². The molecule has 3 N–H and O–H groups in total. The molecule has 0 spiro atoms. The Labute approximate surface area is 191 Å². The third-order valence-electron chi connectivity index (χ3n) is 4.43. The van der Waals surface area contributed by atoms with Gasteiger partial charge in [0.25, 0.3) is 0 Å². The van der Waals surface area contributed by atoms with Gasteiger partial charge in [-0.05, 0) is 57.9 Å². The Morgan fingerprint density at radius 1 is 0.906 bits per heavy atom. The number of benzene rings is 1. The SMILES string of the molecule is CC(C)CCNC(=O)C(CCCCNC(=O)OCc1ccccc1)NC(=O)OC(C)(C)C. The molecule has 3 amide bonds. The lowest BCUT2D eigenvalue weighted by atomic mass is 10.1. The van der Waals surface area contributed by atoms with Gasteiger partial charge in [-0.2, -0.15) is 0 Å². The molecule has 1 aromatic rings. The number of rotatable bonds is 12. The van der Waals surface area contributed by atoms with Gasteiger partial charge in [0, 0.05) is 13.1 Å². The first-order valence-corrected chi connectivity index (χ1v) is 11.3. The van der Waals surface area contributed by atoms with E-state index in [-0.39, 0.29) is 12.5 Å². The second kappa shape index (κ2) is 14.3. The molecule has 180 valence electrons. The van der Waals surface area contributed by atoms with Crippen molar-refractivity contribution in [3.8, 4) is 0 Å². The number of carbonyl (C=O) groups excluding carboxylic acids is 3. The molecule has 0 aliphatic rings. The number of nitrogens with one attached hydrogen (secondary N) is 3. The fraction of sp³-hybridized carbons (Fsp3) is 0.625. The Kier molecular flexibility index (Phi) is 12.2. The van der Waals surface area contributed by atoms with Crippen molar-refractivity contribution in [2.24, 2.45) is 5.92 Å². The van der Waals surface area contributed by atoms with Gasteiger partial charge in [0.05, 0.1) is 0 Å². The van der Waals surface area contributed by atoms with E-state index in [1.54, 1.807) is 20.8 Å². The monoisotopic (exact) mass is 449 g/mol. The van der Waals surface area contributed by atoms with Gasteiger partial charge in [-0.25, -0.2) is 9.59 Å². The van der Waals surface area contributed by atoms with Crippen molar-refractivity contribution >= 4 is 18.1 Å². The van der Waals surface area contributed by atoms with Crippen LogP contribution in [0.1, 0.15) is 65.9 Å². The molecular formula is C24H39N3O5. The van der Waals surface area contributed by atoms with Crippen LogP contribution in [0.2, 0.25) is 0 Å². The Hall–Kier alpha value is -2.77. The van der Waals surface area contributed by atoms with Gasteiger partial charge in [-0.15, -0.1) is 0 Å². The Morgan fingerprint density at radius 3 is 2.22 bits per heavy atom. The first-order chi connectivity index (χ1) is 15.1. The molecular weight excluding hydrogens is 410 g/mol. The average Bonchev–Trinajstić information content (AvgIpc) is 2.70. The zero-order valence-corrected chi connectivity index (χ0v) is 20.0. The molecule has 8 heteroatoms. The van der Waals surface area contributed by atoms with Crippen molar-refractivity contribution in [2.75, 3.05) is 13.1 Å². The number of hydrogen-bond donors (Lipinski definition) is 3. The van der Waals surface area contributed by atoms with Crippen LogP contribution in [0.25, 0.3) is 0 Å². The lowest BCUT2D eigenvalue weighted by Gasteiger charge is -2.23. The molecule has 1 atom stereocenters. The van der Waals surface area contributed by atoms with Crippen molar-refractivity contribution in [2.45, 2.75) is 78.6 Å². The van der Waals surface area contributed by atoms with Crippen LogP contribution < -0.4 is 16.0 Å². The highest BCUT2D eigenvalue weighted by Crippen LogP contribution is 2.09. The minimum Gasteiger partial charge on any atom is -0.445 e. The van der Waals surface area contributed by atoms with E-state index in [0.29, 0.717) is 38.3 Å². The Bertz CT molecular complexity index is 701. The number of unbranched alkanes of at least 4 members (excludes halogenated alkanes) is 1. The molecule has 0 radical (unpaired) electrons. The third kappa shape index (κ3) is 13.5. The van der Waals surface area contributed by atoms with Crippen molar-refractivity contribution < 1.29 is 23.9 Å². The highest BCUT2D eigenvalue weighted by molar-refractivity contribution is 5.85. The van der Waals surface area contributed by atoms with Crippen LogP contribution in [0.3, 0.4) is 0 Å². The van der Waals surface area contributed by atoms with Gasteiger partial charge in [0.1, 0.15) is 18.2 Å². The molecule has 32 heavy (non-hydrogen) atoms. The van der Waals surface area contributed by atoms with E-state index in [2.05, 4.69) is 29.8 Å². The topological polar surface area (TPSA) is 106 Å². The third-order valence-corrected chi connectivity index (χ3v) is 4.43. The number of hydrogen-bond acceptors (Lipinski definition) is 5. The normalized spacial score (nSPS) is 12.1. The van der Waals surface area contributed by atoms with Crippen LogP contribution in [-0.2, 0) is 20.9 Å². The van der Waals surface area contributed by atoms with Gasteiger partial charge < -0.3 is 25.4 Å². The van der Waals surface area contributed by atoms with E-state index >= 15 is 0 Å². The van der Waals surface area contributed by atoms with Gasteiger partial charge in [-0.1, -0.05) is 44.2 Å². The predicted molar refractivity (Wildman–Crippen MR) is 124 cm³/mol. The van der Waals surface area contributed by atoms with Gasteiger partial charge in [0.15, 0.2) is 0 Å². The molecule has 0 saturated carbocycles. The summed E-state index contributed by atoms with van der Waals surface area (Å²) in [7, 11) is 0.